The summed E-state index contributed by atoms with van der Waals surface area (Å²) in [7, 11) is 1.70. The SMILES string of the molecule is COc1cc(Nc2nc(-c3cnc4c(c3)CCCO4)cn3ccnc23)ccc1N1CC(C)OC(C)C1. The number of benzene rings is 1. The molecule has 5 heterocycles. The molecule has 2 unspecified atom stereocenters. The number of aromatic nitrogens is 4. The van der Waals surface area contributed by atoms with Crippen LogP contribution in [0.15, 0.2) is 49.1 Å². The Hall–Kier alpha value is -3.85. The zero-order valence-corrected chi connectivity index (χ0v) is 20.8. The van der Waals surface area contributed by atoms with Crippen LogP contribution in [0.4, 0.5) is 17.2 Å². The first kappa shape index (κ1) is 22.6. The first-order valence-corrected chi connectivity index (χ1v) is 12.4. The van der Waals surface area contributed by atoms with E-state index in [4.69, 9.17) is 19.2 Å². The molecule has 1 aromatic carbocycles. The van der Waals surface area contributed by atoms with Gasteiger partial charge in [-0.1, -0.05) is 0 Å². The van der Waals surface area contributed by atoms with Gasteiger partial charge in [0.25, 0.3) is 0 Å². The molecule has 1 saturated heterocycles. The Morgan fingerprint density at radius 3 is 2.81 bits per heavy atom. The molecule has 1 fully saturated rings. The van der Waals surface area contributed by atoms with Crippen molar-refractivity contribution in [1.82, 2.24) is 19.4 Å². The van der Waals surface area contributed by atoms with Crippen molar-refractivity contribution in [1.29, 1.82) is 0 Å². The minimum Gasteiger partial charge on any atom is -0.495 e. The molecule has 2 aliphatic heterocycles. The van der Waals surface area contributed by atoms with Gasteiger partial charge in [0.15, 0.2) is 11.5 Å². The summed E-state index contributed by atoms with van der Waals surface area (Å²) in [5.74, 6) is 2.19. The summed E-state index contributed by atoms with van der Waals surface area (Å²) in [6.07, 6.45) is 9.79. The van der Waals surface area contributed by atoms with Crippen LogP contribution in [0.3, 0.4) is 0 Å². The standard InChI is InChI=1S/C27H30N6O3/c1-17-14-33(15-18(2)36-17)23-7-6-21(12-24(23)34-3)30-25-26-28-8-9-32(26)16-22(31-25)20-11-19-5-4-10-35-27(19)29-13-20/h6-9,11-13,16-18H,4-5,10,14-15H2,1-3H3,(H,30,31). The Bertz CT molecular complexity index is 1390. The number of imidazole rings is 1. The molecule has 0 spiro atoms. The smallest absolute Gasteiger partial charge is 0.216 e. The maximum Gasteiger partial charge on any atom is 0.216 e. The van der Waals surface area contributed by atoms with Crippen LogP contribution in [0.2, 0.25) is 0 Å². The van der Waals surface area contributed by atoms with Gasteiger partial charge in [0.1, 0.15) is 5.75 Å². The van der Waals surface area contributed by atoms with E-state index in [1.54, 1.807) is 13.3 Å². The monoisotopic (exact) mass is 486 g/mol. The lowest BCUT2D eigenvalue weighted by molar-refractivity contribution is -0.00532. The van der Waals surface area contributed by atoms with Crippen molar-refractivity contribution >= 4 is 22.8 Å². The number of methoxy groups -OCH3 is 1. The first-order chi connectivity index (χ1) is 17.6. The second-order valence-corrected chi connectivity index (χ2v) is 9.45. The second-order valence-electron chi connectivity index (χ2n) is 9.45. The van der Waals surface area contributed by atoms with Gasteiger partial charge in [0.2, 0.25) is 5.88 Å². The lowest BCUT2D eigenvalue weighted by Gasteiger charge is -2.37. The molecule has 0 amide bonds. The van der Waals surface area contributed by atoms with Crippen molar-refractivity contribution < 1.29 is 14.2 Å². The van der Waals surface area contributed by atoms with Gasteiger partial charge in [-0.05, 0) is 44.9 Å². The number of hydrogen-bond donors (Lipinski definition) is 1. The van der Waals surface area contributed by atoms with E-state index in [1.807, 2.05) is 35.1 Å². The number of nitrogens with zero attached hydrogens (tertiary/aromatic N) is 5. The van der Waals surface area contributed by atoms with E-state index in [-0.39, 0.29) is 12.2 Å². The molecule has 0 bridgehead atoms. The van der Waals surface area contributed by atoms with Gasteiger partial charge in [0.05, 0.1) is 37.3 Å². The van der Waals surface area contributed by atoms with Crippen molar-refractivity contribution in [3.63, 3.8) is 0 Å². The first-order valence-electron chi connectivity index (χ1n) is 12.4. The summed E-state index contributed by atoms with van der Waals surface area (Å²) in [6.45, 7) is 6.57. The van der Waals surface area contributed by atoms with Crippen molar-refractivity contribution in [2.24, 2.45) is 0 Å². The average Bonchev–Trinajstić information content (AvgIpc) is 3.37. The molecule has 0 aliphatic carbocycles. The number of morpholine rings is 1. The van der Waals surface area contributed by atoms with Gasteiger partial charge >= 0.3 is 0 Å². The zero-order valence-electron chi connectivity index (χ0n) is 20.8. The van der Waals surface area contributed by atoms with E-state index in [9.17, 15) is 0 Å². The molecule has 6 rings (SSSR count). The van der Waals surface area contributed by atoms with Crippen LogP contribution in [0.5, 0.6) is 11.6 Å². The van der Waals surface area contributed by atoms with Crippen LogP contribution in [0, 0.1) is 0 Å². The number of nitrogens with one attached hydrogen (secondary N) is 1. The highest BCUT2D eigenvalue weighted by molar-refractivity contribution is 5.76. The van der Waals surface area contributed by atoms with Crippen molar-refractivity contribution in [2.45, 2.75) is 38.9 Å². The third-order valence-corrected chi connectivity index (χ3v) is 6.63. The Morgan fingerprint density at radius 2 is 1.97 bits per heavy atom. The molecule has 2 atom stereocenters. The fourth-order valence-corrected chi connectivity index (χ4v) is 5.06. The van der Waals surface area contributed by atoms with E-state index in [2.05, 4.69) is 46.2 Å². The number of ether oxygens (including phenoxy) is 3. The van der Waals surface area contributed by atoms with Gasteiger partial charge in [-0.15, -0.1) is 0 Å². The molecule has 1 N–H and O–H groups in total. The Labute approximate surface area is 210 Å². The highest BCUT2D eigenvalue weighted by atomic mass is 16.5. The maximum absolute atomic E-state index is 5.90. The number of anilines is 3. The second kappa shape index (κ2) is 9.31. The molecule has 4 aromatic rings. The minimum atomic E-state index is 0.168. The maximum atomic E-state index is 5.90. The van der Waals surface area contributed by atoms with Crippen molar-refractivity contribution in [3.8, 4) is 22.9 Å². The topological polar surface area (TPSA) is 86.0 Å². The fourth-order valence-electron chi connectivity index (χ4n) is 5.06. The molecule has 9 nitrogen and oxygen atoms in total. The van der Waals surface area contributed by atoms with Gasteiger partial charge in [-0.2, -0.15) is 0 Å². The predicted octanol–water partition coefficient (Wildman–Crippen LogP) is 4.48. The normalized spacial score (nSPS) is 19.6. The lowest BCUT2D eigenvalue weighted by Crippen LogP contribution is -2.45. The molecule has 3 aromatic heterocycles. The van der Waals surface area contributed by atoms with E-state index in [0.717, 1.165) is 78.0 Å². The van der Waals surface area contributed by atoms with E-state index in [0.29, 0.717) is 5.82 Å². The van der Waals surface area contributed by atoms with E-state index >= 15 is 0 Å². The van der Waals surface area contributed by atoms with Crippen LogP contribution < -0.4 is 19.7 Å². The molecule has 0 saturated carbocycles. The largest absolute Gasteiger partial charge is 0.495 e. The van der Waals surface area contributed by atoms with E-state index in [1.165, 1.54) is 0 Å². The number of rotatable bonds is 5. The summed E-state index contributed by atoms with van der Waals surface area (Å²) in [5, 5.41) is 3.47. The summed E-state index contributed by atoms with van der Waals surface area (Å²) >= 11 is 0. The quantitative estimate of drug-likeness (QED) is 0.442. The average molecular weight is 487 g/mol. The van der Waals surface area contributed by atoms with Crippen molar-refractivity contribution in [3.05, 3.63) is 54.6 Å². The number of hydrogen-bond acceptors (Lipinski definition) is 8. The third-order valence-electron chi connectivity index (χ3n) is 6.63. The highest BCUT2D eigenvalue weighted by Crippen LogP contribution is 2.35. The minimum absolute atomic E-state index is 0.168. The Morgan fingerprint density at radius 1 is 1.11 bits per heavy atom. The molecule has 0 radical (unpaired) electrons. The number of aryl methyl sites for hydroxylation is 1. The lowest BCUT2D eigenvalue weighted by atomic mass is 10.1. The Kier molecular flexibility index (Phi) is 5.85. The molecule has 2 aliphatic rings. The van der Waals surface area contributed by atoms with Gasteiger partial charge in [-0.3, -0.25) is 0 Å². The number of pyridine rings is 1. The molecule has 186 valence electrons. The fraction of sp³-hybridized carbons (Fsp3) is 0.370. The predicted molar refractivity (Wildman–Crippen MR) is 139 cm³/mol. The van der Waals surface area contributed by atoms with Gasteiger partial charge in [0, 0.05) is 60.8 Å². The molecule has 9 heteroatoms. The van der Waals surface area contributed by atoms with Gasteiger partial charge in [-0.25, -0.2) is 15.0 Å². The number of fused-ring (bicyclic) bond motifs is 2. The third kappa shape index (κ3) is 4.30. The van der Waals surface area contributed by atoms with Crippen LogP contribution in [0.1, 0.15) is 25.8 Å². The van der Waals surface area contributed by atoms with Crippen LogP contribution in [0.25, 0.3) is 16.9 Å². The molecular formula is C27H30N6O3. The Balaban J connectivity index is 1.33. The zero-order chi connectivity index (χ0) is 24.6. The summed E-state index contributed by atoms with van der Waals surface area (Å²) in [4.78, 5) is 16.3. The highest BCUT2D eigenvalue weighted by Gasteiger charge is 2.24. The van der Waals surface area contributed by atoms with Crippen LogP contribution >= 0.6 is 0 Å². The van der Waals surface area contributed by atoms with Crippen LogP contribution in [-0.2, 0) is 11.2 Å². The molecular weight excluding hydrogens is 456 g/mol. The molecule has 36 heavy (non-hydrogen) atoms. The van der Waals surface area contributed by atoms with Gasteiger partial charge < -0.3 is 28.8 Å². The summed E-state index contributed by atoms with van der Waals surface area (Å²) in [5.41, 5.74) is 5.54. The summed E-state index contributed by atoms with van der Waals surface area (Å²) < 4.78 is 19.3. The van der Waals surface area contributed by atoms with Crippen molar-refractivity contribution in [2.75, 3.05) is 37.0 Å². The van der Waals surface area contributed by atoms with E-state index < -0.39 is 0 Å². The van der Waals surface area contributed by atoms with Crippen LogP contribution in [-0.4, -0.2) is 58.4 Å². The summed E-state index contributed by atoms with van der Waals surface area (Å²) in [6, 6.07) is 8.27.